The van der Waals surface area contributed by atoms with E-state index in [1.54, 1.807) is 12.1 Å². The van der Waals surface area contributed by atoms with Crippen molar-refractivity contribution >= 4 is 17.3 Å². The number of nitrogens with one attached hydrogen (secondary N) is 1. The third kappa shape index (κ3) is 3.04. The molecule has 3 heteroatoms. The maximum absolute atomic E-state index is 9.17. The maximum atomic E-state index is 9.17. The molecule has 1 aliphatic rings. The van der Waals surface area contributed by atoms with Crippen LogP contribution >= 0.6 is 11.6 Å². The molecule has 0 heterocycles. The van der Waals surface area contributed by atoms with Gasteiger partial charge in [0.05, 0.1) is 11.3 Å². The Kier molecular flexibility index (Phi) is 4.13. The first-order valence-corrected chi connectivity index (χ1v) is 7.67. The summed E-state index contributed by atoms with van der Waals surface area (Å²) in [4.78, 5) is 0. The Labute approximate surface area is 130 Å². The lowest BCUT2D eigenvalue weighted by molar-refractivity contribution is 0.572. The van der Waals surface area contributed by atoms with Crippen LogP contribution in [-0.2, 0) is 6.42 Å². The minimum absolute atomic E-state index is 0.500. The predicted molar refractivity (Wildman–Crippen MR) is 86.8 cm³/mol. The van der Waals surface area contributed by atoms with Gasteiger partial charge in [0.25, 0.3) is 0 Å². The zero-order chi connectivity index (χ0) is 14.7. The molecule has 106 valence electrons. The summed E-state index contributed by atoms with van der Waals surface area (Å²) in [7, 11) is 0. The standard InChI is InChI=1S/C18H17ClN2/c19-16-9-8-14(11-20)18(10-16)21-12-15-6-3-5-13-4-1-2-7-17(13)15/h1-2,4,7-10,15,21H,3,5-6,12H2. The predicted octanol–water partition coefficient (Wildman–Crippen LogP) is 4.74. The van der Waals surface area contributed by atoms with Gasteiger partial charge in [0.15, 0.2) is 0 Å². The largest absolute Gasteiger partial charge is 0.383 e. The molecule has 0 saturated heterocycles. The fourth-order valence-corrected chi connectivity index (χ4v) is 3.23. The first-order valence-electron chi connectivity index (χ1n) is 7.29. The second kappa shape index (κ2) is 6.20. The second-order valence-corrected chi connectivity index (χ2v) is 5.91. The first kappa shape index (κ1) is 14.0. The lowest BCUT2D eigenvalue weighted by Crippen LogP contribution is -2.18. The highest BCUT2D eigenvalue weighted by Crippen LogP contribution is 2.32. The average molecular weight is 297 g/mol. The Hall–Kier alpha value is -1.98. The first-order chi connectivity index (χ1) is 10.3. The summed E-state index contributed by atoms with van der Waals surface area (Å²) in [6.45, 7) is 0.839. The van der Waals surface area contributed by atoms with E-state index in [4.69, 9.17) is 11.6 Å². The molecule has 2 aromatic rings. The summed E-state index contributed by atoms with van der Waals surface area (Å²) in [6, 6.07) is 16.2. The topological polar surface area (TPSA) is 35.8 Å². The number of hydrogen-bond acceptors (Lipinski definition) is 2. The third-order valence-corrected chi connectivity index (χ3v) is 4.37. The smallest absolute Gasteiger partial charge is 0.101 e. The number of nitrogens with zero attached hydrogens (tertiary/aromatic N) is 1. The molecule has 0 aromatic heterocycles. The van der Waals surface area contributed by atoms with Crippen LogP contribution in [0, 0.1) is 11.3 Å². The molecular weight excluding hydrogens is 280 g/mol. The van der Waals surface area contributed by atoms with E-state index in [0.717, 1.165) is 12.2 Å². The molecular formula is C18H17ClN2. The van der Waals surface area contributed by atoms with Gasteiger partial charge < -0.3 is 5.32 Å². The van der Waals surface area contributed by atoms with Gasteiger partial charge in [-0.05, 0) is 48.6 Å². The highest BCUT2D eigenvalue weighted by atomic mass is 35.5. The Morgan fingerprint density at radius 1 is 1.24 bits per heavy atom. The maximum Gasteiger partial charge on any atom is 0.101 e. The normalized spacial score (nSPS) is 16.9. The Balaban J connectivity index is 1.78. The fourth-order valence-electron chi connectivity index (χ4n) is 3.06. The molecule has 3 rings (SSSR count). The summed E-state index contributed by atoms with van der Waals surface area (Å²) in [5, 5.41) is 13.2. The molecule has 1 unspecified atom stereocenters. The van der Waals surface area contributed by atoms with Crippen LogP contribution in [0.25, 0.3) is 0 Å². The number of nitriles is 1. The van der Waals surface area contributed by atoms with Gasteiger partial charge in [-0.2, -0.15) is 5.26 Å². The SMILES string of the molecule is N#Cc1ccc(Cl)cc1NCC1CCCc2ccccc21. The van der Waals surface area contributed by atoms with E-state index >= 15 is 0 Å². The quantitative estimate of drug-likeness (QED) is 0.887. The summed E-state index contributed by atoms with van der Waals surface area (Å²) >= 11 is 6.03. The van der Waals surface area contributed by atoms with E-state index in [2.05, 4.69) is 35.7 Å². The molecule has 1 aliphatic carbocycles. The molecule has 2 nitrogen and oxygen atoms in total. The highest BCUT2D eigenvalue weighted by molar-refractivity contribution is 6.30. The van der Waals surface area contributed by atoms with Crippen molar-refractivity contribution in [2.24, 2.45) is 0 Å². The molecule has 21 heavy (non-hydrogen) atoms. The minimum Gasteiger partial charge on any atom is -0.383 e. The summed E-state index contributed by atoms with van der Waals surface area (Å²) in [5.41, 5.74) is 4.37. The molecule has 1 N–H and O–H groups in total. The number of halogens is 1. The van der Waals surface area contributed by atoms with E-state index in [-0.39, 0.29) is 0 Å². The summed E-state index contributed by atoms with van der Waals surface area (Å²) in [6.07, 6.45) is 3.59. The zero-order valence-corrected chi connectivity index (χ0v) is 12.5. The lowest BCUT2D eigenvalue weighted by atomic mass is 9.83. The molecule has 0 aliphatic heterocycles. The van der Waals surface area contributed by atoms with Gasteiger partial charge in [-0.1, -0.05) is 35.9 Å². The summed E-state index contributed by atoms with van der Waals surface area (Å²) in [5.74, 6) is 0.500. The van der Waals surface area contributed by atoms with E-state index in [1.807, 2.05) is 6.07 Å². The van der Waals surface area contributed by atoms with Crippen molar-refractivity contribution in [1.82, 2.24) is 0 Å². The van der Waals surface area contributed by atoms with Crippen LogP contribution in [-0.4, -0.2) is 6.54 Å². The molecule has 0 amide bonds. The van der Waals surface area contributed by atoms with Crippen LogP contribution in [0.1, 0.15) is 35.4 Å². The van der Waals surface area contributed by atoms with Crippen LogP contribution in [0.4, 0.5) is 5.69 Å². The van der Waals surface area contributed by atoms with Crippen molar-refractivity contribution in [1.29, 1.82) is 5.26 Å². The van der Waals surface area contributed by atoms with Crippen molar-refractivity contribution < 1.29 is 0 Å². The van der Waals surface area contributed by atoms with Gasteiger partial charge in [-0.25, -0.2) is 0 Å². The highest BCUT2D eigenvalue weighted by Gasteiger charge is 2.19. The third-order valence-electron chi connectivity index (χ3n) is 4.13. The Bertz CT molecular complexity index is 688. The van der Waals surface area contributed by atoms with Gasteiger partial charge in [-0.3, -0.25) is 0 Å². The Morgan fingerprint density at radius 3 is 2.95 bits per heavy atom. The van der Waals surface area contributed by atoms with Crippen molar-refractivity contribution in [2.45, 2.75) is 25.2 Å². The minimum atomic E-state index is 0.500. The van der Waals surface area contributed by atoms with Crippen molar-refractivity contribution in [3.8, 4) is 6.07 Å². The van der Waals surface area contributed by atoms with E-state index in [1.165, 1.54) is 30.4 Å². The molecule has 0 bridgehead atoms. The van der Waals surface area contributed by atoms with Crippen molar-refractivity contribution in [3.05, 3.63) is 64.2 Å². The van der Waals surface area contributed by atoms with Crippen molar-refractivity contribution in [2.75, 3.05) is 11.9 Å². The number of hydrogen-bond donors (Lipinski definition) is 1. The molecule has 0 saturated carbocycles. The second-order valence-electron chi connectivity index (χ2n) is 5.47. The average Bonchev–Trinajstić information content (AvgIpc) is 2.53. The number of aryl methyl sites for hydroxylation is 1. The molecule has 0 radical (unpaired) electrons. The zero-order valence-electron chi connectivity index (χ0n) is 11.8. The number of benzene rings is 2. The van der Waals surface area contributed by atoms with Gasteiger partial charge in [0.1, 0.15) is 6.07 Å². The monoisotopic (exact) mass is 296 g/mol. The molecule has 1 atom stereocenters. The van der Waals surface area contributed by atoms with Gasteiger partial charge in [0, 0.05) is 17.5 Å². The summed E-state index contributed by atoms with van der Waals surface area (Å²) < 4.78 is 0. The molecule has 0 spiro atoms. The van der Waals surface area contributed by atoms with Crippen molar-refractivity contribution in [3.63, 3.8) is 0 Å². The van der Waals surface area contributed by atoms with Gasteiger partial charge in [-0.15, -0.1) is 0 Å². The van der Waals surface area contributed by atoms with E-state index in [0.29, 0.717) is 16.5 Å². The van der Waals surface area contributed by atoms with Crippen LogP contribution in [0.2, 0.25) is 5.02 Å². The lowest BCUT2D eigenvalue weighted by Gasteiger charge is -2.26. The molecule has 0 fully saturated rings. The van der Waals surface area contributed by atoms with E-state index < -0.39 is 0 Å². The number of fused-ring (bicyclic) bond motifs is 1. The van der Waals surface area contributed by atoms with Gasteiger partial charge >= 0.3 is 0 Å². The van der Waals surface area contributed by atoms with Gasteiger partial charge in [0.2, 0.25) is 0 Å². The number of anilines is 1. The molecule has 2 aromatic carbocycles. The van der Waals surface area contributed by atoms with E-state index in [9.17, 15) is 5.26 Å². The van der Waals surface area contributed by atoms with Crippen LogP contribution in [0.15, 0.2) is 42.5 Å². The van der Waals surface area contributed by atoms with Crippen LogP contribution in [0.5, 0.6) is 0 Å². The Morgan fingerprint density at radius 2 is 2.10 bits per heavy atom. The fraction of sp³-hybridized carbons (Fsp3) is 0.278. The number of rotatable bonds is 3. The van der Waals surface area contributed by atoms with Crippen LogP contribution < -0.4 is 5.32 Å². The van der Waals surface area contributed by atoms with Crippen LogP contribution in [0.3, 0.4) is 0 Å².